The monoisotopic (exact) mass is 202 g/mol. The van der Waals surface area contributed by atoms with Crippen molar-refractivity contribution in [3.63, 3.8) is 0 Å². The Labute approximate surface area is 77.2 Å². The minimum Gasteiger partial charge on any atom is -0.287 e. The lowest BCUT2D eigenvalue weighted by Crippen LogP contribution is -2.24. The fraction of sp³-hybridized carbons (Fsp3) is 0.286. The molecule has 0 radical (unpaired) electrons. The highest BCUT2D eigenvalue weighted by atomic mass is 32.2. The van der Waals surface area contributed by atoms with E-state index in [0.29, 0.717) is 5.82 Å². The van der Waals surface area contributed by atoms with E-state index in [0.717, 1.165) is 4.31 Å². The third-order valence-corrected chi connectivity index (χ3v) is 3.40. The Morgan fingerprint density at radius 2 is 2.00 bits per heavy atom. The van der Waals surface area contributed by atoms with Gasteiger partial charge in [0.2, 0.25) is 10.0 Å². The number of H-pyrrole nitrogens is 1. The zero-order chi connectivity index (χ0) is 10.1. The number of hydrogen-bond acceptors (Lipinski definition) is 3. The Morgan fingerprint density at radius 3 is 2.38 bits per heavy atom. The summed E-state index contributed by atoms with van der Waals surface area (Å²) in [6.07, 6.45) is 1.37. The normalized spacial score (nSPS) is 11.9. The SMILES string of the molecule is CN(C)S(=O)(=O)c1ccc(N)[nH+]c1. The lowest BCUT2D eigenvalue weighted by Gasteiger charge is -2.09. The number of sulfonamides is 1. The topological polar surface area (TPSA) is 77.5 Å². The van der Waals surface area contributed by atoms with Crippen LogP contribution in [-0.2, 0) is 10.0 Å². The Bertz CT molecular complexity index is 383. The molecule has 0 aromatic carbocycles. The summed E-state index contributed by atoms with van der Waals surface area (Å²) in [5.74, 6) is 0.428. The first-order valence-electron chi connectivity index (χ1n) is 3.64. The molecule has 13 heavy (non-hydrogen) atoms. The molecule has 72 valence electrons. The predicted octanol–water partition coefficient (Wildman–Crippen LogP) is -0.667. The van der Waals surface area contributed by atoms with E-state index in [4.69, 9.17) is 5.73 Å². The minimum absolute atomic E-state index is 0.201. The van der Waals surface area contributed by atoms with Gasteiger partial charge >= 0.3 is 0 Å². The van der Waals surface area contributed by atoms with Crippen molar-refractivity contribution in [1.29, 1.82) is 0 Å². The van der Waals surface area contributed by atoms with E-state index in [2.05, 4.69) is 4.98 Å². The summed E-state index contributed by atoms with van der Waals surface area (Å²) < 4.78 is 24.2. The van der Waals surface area contributed by atoms with Gasteiger partial charge in [0, 0.05) is 20.2 Å². The number of hydrogen-bond donors (Lipinski definition) is 1. The predicted molar refractivity (Wildman–Crippen MR) is 48.3 cm³/mol. The average molecular weight is 202 g/mol. The van der Waals surface area contributed by atoms with Gasteiger partial charge < -0.3 is 0 Å². The highest BCUT2D eigenvalue weighted by Gasteiger charge is 2.17. The van der Waals surface area contributed by atoms with E-state index in [-0.39, 0.29) is 4.90 Å². The summed E-state index contributed by atoms with van der Waals surface area (Å²) in [5.41, 5.74) is 5.38. The molecule has 0 bridgehead atoms. The third kappa shape index (κ3) is 1.96. The van der Waals surface area contributed by atoms with Crippen LogP contribution >= 0.6 is 0 Å². The average Bonchev–Trinajstić information content (AvgIpc) is 2.04. The maximum absolute atomic E-state index is 11.5. The number of nitrogens with two attached hydrogens (primary N) is 1. The zero-order valence-corrected chi connectivity index (χ0v) is 8.30. The molecule has 5 nitrogen and oxygen atoms in total. The van der Waals surface area contributed by atoms with Gasteiger partial charge in [-0.15, -0.1) is 0 Å². The van der Waals surface area contributed by atoms with Crippen LogP contribution in [0.3, 0.4) is 0 Å². The van der Waals surface area contributed by atoms with Crippen molar-refractivity contribution in [3.8, 4) is 0 Å². The molecule has 0 saturated carbocycles. The quantitative estimate of drug-likeness (QED) is 0.691. The van der Waals surface area contributed by atoms with Crippen molar-refractivity contribution in [2.75, 3.05) is 19.8 Å². The number of rotatable bonds is 2. The highest BCUT2D eigenvalue weighted by molar-refractivity contribution is 7.89. The van der Waals surface area contributed by atoms with Gasteiger partial charge in [0.25, 0.3) is 5.82 Å². The number of aromatic nitrogens is 1. The first kappa shape index (κ1) is 9.94. The van der Waals surface area contributed by atoms with Gasteiger partial charge in [-0.05, 0) is 6.07 Å². The molecule has 1 rings (SSSR count). The first-order valence-corrected chi connectivity index (χ1v) is 5.08. The largest absolute Gasteiger partial charge is 0.287 e. The van der Waals surface area contributed by atoms with Crippen LogP contribution in [0.2, 0.25) is 0 Å². The number of nitrogen functional groups attached to an aromatic ring is 1. The molecule has 3 N–H and O–H groups in total. The first-order chi connectivity index (χ1) is 5.94. The molecule has 1 heterocycles. The van der Waals surface area contributed by atoms with Gasteiger partial charge in [-0.2, -0.15) is 0 Å². The van der Waals surface area contributed by atoms with Gasteiger partial charge in [-0.3, -0.25) is 5.73 Å². The maximum atomic E-state index is 11.5. The lowest BCUT2D eigenvalue weighted by atomic mass is 10.5. The standard InChI is InChI=1S/C7H11N3O2S/c1-10(2)13(11,12)6-3-4-7(8)9-5-6/h3-5H,1-2H3,(H2,8,9)/p+1. The minimum atomic E-state index is -3.35. The summed E-state index contributed by atoms with van der Waals surface area (Å²) >= 11 is 0. The van der Waals surface area contributed by atoms with Crippen molar-refractivity contribution in [2.24, 2.45) is 0 Å². The second-order valence-electron chi connectivity index (χ2n) is 2.77. The Hall–Kier alpha value is -1.14. The number of pyridine rings is 1. The van der Waals surface area contributed by atoms with Crippen LogP contribution in [0.25, 0.3) is 0 Å². The molecule has 0 spiro atoms. The molecule has 0 aliphatic heterocycles. The van der Waals surface area contributed by atoms with Crippen LogP contribution in [-0.4, -0.2) is 26.8 Å². The van der Waals surface area contributed by atoms with Crippen molar-refractivity contribution < 1.29 is 13.4 Å². The van der Waals surface area contributed by atoms with Crippen LogP contribution < -0.4 is 10.7 Å². The molecule has 0 saturated heterocycles. The van der Waals surface area contributed by atoms with E-state index < -0.39 is 10.0 Å². The number of nitrogens with one attached hydrogen (secondary N) is 1. The van der Waals surface area contributed by atoms with Crippen molar-refractivity contribution >= 4 is 15.8 Å². The van der Waals surface area contributed by atoms with Gasteiger partial charge in [0.15, 0.2) is 0 Å². The summed E-state index contributed by atoms with van der Waals surface area (Å²) in [4.78, 5) is 2.83. The van der Waals surface area contributed by atoms with Gasteiger partial charge in [0.1, 0.15) is 11.1 Å². The smallest absolute Gasteiger partial charge is 0.270 e. The number of aromatic amines is 1. The van der Waals surface area contributed by atoms with E-state index in [1.165, 1.54) is 32.4 Å². The molecule has 0 unspecified atom stereocenters. The lowest BCUT2D eigenvalue weighted by molar-refractivity contribution is -0.363. The van der Waals surface area contributed by atoms with Crippen LogP contribution in [0.5, 0.6) is 0 Å². The molecule has 0 fully saturated rings. The molecule has 0 atom stereocenters. The summed E-state index contributed by atoms with van der Waals surface area (Å²) in [6.45, 7) is 0. The highest BCUT2D eigenvalue weighted by Crippen LogP contribution is 2.10. The van der Waals surface area contributed by atoms with Crippen LogP contribution in [0.1, 0.15) is 0 Å². The Morgan fingerprint density at radius 1 is 1.38 bits per heavy atom. The van der Waals surface area contributed by atoms with Gasteiger partial charge in [-0.1, -0.05) is 0 Å². The second-order valence-corrected chi connectivity index (χ2v) is 4.92. The van der Waals surface area contributed by atoms with Crippen molar-refractivity contribution in [3.05, 3.63) is 18.3 Å². The van der Waals surface area contributed by atoms with E-state index >= 15 is 0 Å². The van der Waals surface area contributed by atoms with Crippen LogP contribution in [0, 0.1) is 0 Å². The van der Waals surface area contributed by atoms with Crippen LogP contribution in [0.4, 0.5) is 5.82 Å². The molecule has 1 aromatic rings. The molecule has 0 amide bonds. The van der Waals surface area contributed by atoms with E-state index in [1.54, 1.807) is 0 Å². The van der Waals surface area contributed by atoms with Crippen molar-refractivity contribution in [2.45, 2.75) is 4.90 Å². The van der Waals surface area contributed by atoms with Gasteiger partial charge in [0.05, 0.1) is 0 Å². The molecule has 0 aliphatic rings. The fourth-order valence-electron chi connectivity index (χ4n) is 0.794. The van der Waals surface area contributed by atoms with E-state index in [9.17, 15) is 8.42 Å². The summed E-state index contributed by atoms with van der Waals surface area (Å²) in [5, 5.41) is 0. The third-order valence-electron chi connectivity index (χ3n) is 1.59. The molecule has 6 heteroatoms. The molecule has 0 aliphatic carbocycles. The van der Waals surface area contributed by atoms with Crippen molar-refractivity contribution in [1.82, 2.24) is 4.31 Å². The Balaban J connectivity index is 3.17. The second kappa shape index (κ2) is 3.31. The fourth-order valence-corrected chi connectivity index (χ4v) is 1.66. The Kier molecular flexibility index (Phi) is 2.53. The number of nitrogens with zero attached hydrogens (tertiary/aromatic N) is 1. The van der Waals surface area contributed by atoms with Gasteiger partial charge in [-0.25, -0.2) is 17.7 Å². The molecular weight excluding hydrogens is 190 g/mol. The zero-order valence-electron chi connectivity index (χ0n) is 7.48. The van der Waals surface area contributed by atoms with Crippen LogP contribution in [0.15, 0.2) is 23.2 Å². The van der Waals surface area contributed by atoms with E-state index in [1.807, 2.05) is 0 Å². The molecular formula is C7H12N3O2S+. The summed E-state index contributed by atoms with van der Waals surface area (Å²) in [7, 11) is -0.391. The molecule has 1 aromatic heterocycles. The summed E-state index contributed by atoms with van der Waals surface area (Å²) in [6, 6.07) is 2.97. The number of anilines is 1. The maximum Gasteiger partial charge on any atom is 0.270 e.